The van der Waals surface area contributed by atoms with Gasteiger partial charge in [0.1, 0.15) is 0 Å². The van der Waals surface area contributed by atoms with Gasteiger partial charge in [0.25, 0.3) is 5.56 Å². The Kier molecular flexibility index (Phi) is 6.75. The second kappa shape index (κ2) is 9.27. The Morgan fingerprint density at radius 1 is 1.14 bits per heavy atom. The summed E-state index contributed by atoms with van der Waals surface area (Å²) in [6.07, 6.45) is 0. The lowest BCUT2D eigenvalue weighted by molar-refractivity contribution is -0.127. The Balaban J connectivity index is 1.79. The highest BCUT2D eigenvalue weighted by Crippen LogP contribution is 2.20. The van der Waals surface area contributed by atoms with E-state index in [1.807, 2.05) is 56.4 Å². The number of aromatic nitrogens is 2. The Morgan fingerprint density at radius 2 is 1.83 bits per heavy atom. The maximum absolute atomic E-state index is 13.0. The van der Waals surface area contributed by atoms with Crippen molar-refractivity contribution in [2.75, 3.05) is 12.8 Å². The minimum atomic E-state index is -0.0486. The Hall–Kier alpha value is -2.60. The molecule has 29 heavy (non-hydrogen) atoms. The molecule has 5 nitrogen and oxygen atoms in total. The lowest BCUT2D eigenvalue weighted by atomic mass is 10.1. The zero-order valence-corrected chi connectivity index (χ0v) is 18.2. The third-order valence-corrected chi connectivity index (χ3v) is 5.75. The van der Waals surface area contributed by atoms with Crippen molar-refractivity contribution in [2.24, 2.45) is 5.92 Å². The van der Waals surface area contributed by atoms with E-state index in [0.717, 1.165) is 5.56 Å². The minimum Gasteiger partial charge on any atom is -0.341 e. The molecule has 0 aliphatic heterocycles. The molecular formula is C23H27N3O2S. The second-order valence-corrected chi connectivity index (χ2v) is 8.63. The van der Waals surface area contributed by atoms with E-state index in [4.69, 9.17) is 0 Å². The zero-order valence-electron chi connectivity index (χ0n) is 17.4. The van der Waals surface area contributed by atoms with Crippen LogP contribution in [0.1, 0.15) is 25.0 Å². The molecule has 0 aliphatic carbocycles. The standard InChI is InChI=1S/C23H27N3O2S/c1-16(2)13-26-22(28)19-11-7-8-12-20(19)24-23(26)29-15-21(27)25(4)14-18-10-6-5-9-17(18)3/h5-12,16H,13-15H2,1-4H3. The topological polar surface area (TPSA) is 55.2 Å². The molecule has 0 saturated heterocycles. The summed E-state index contributed by atoms with van der Waals surface area (Å²) in [5, 5.41) is 1.21. The fraction of sp³-hybridized carbons (Fsp3) is 0.348. The monoisotopic (exact) mass is 409 g/mol. The van der Waals surface area contributed by atoms with Crippen molar-refractivity contribution < 1.29 is 4.79 Å². The number of hydrogen-bond acceptors (Lipinski definition) is 4. The van der Waals surface area contributed by atoms with Gasteiger partial charge in [-0.1, -0.05) is 62.0 Å². The highest BCUT2D eigenvalue weighted by Gasteiger charge is 2.16. The Labute approximate surface area is 175 Å². The van der Waals surface area contributed by atoms with Crippen LogP contribution >= 0.6 is 11.8 Å². The molecule has 0 aliphatic rings. The molecule has 1 heterocycles. The van der Waals surface area contributed by atoms with Crippen molar-refractivity contribution in [3.8, 4) is 0 Å². The average molecular weight is 410 g/mol. The van der Waals surface area contributed by atoms with Crippen LogP contribution in [0.4, 0.5) is 0 Å². The van der Waals surface area contributed by atoms with Gasteiger partial charge in [0.05, 0.1) is 16.7 Å². The van der Waals surface area contributed by atoms with E-state index in [9.17, 15) is 9.59 Å². The lowest BCUT2D eigenvalue weighted by Crippen LogP contribution is -2.29. The molecule has 0 spiro atoms. The number of para-hydroxylation sites is 1. The quantitative estimate of drug-likeness (QED) is 0.435. The SMILES string of the molecule is Cc1ccccc1CN(C)C(=O)CSc1nc2ccccc2c(=O)n1CC(C)C. The highest BCUT2D eigenvalue weighted by molar-refractivity contribution is 7.99. The normalized spacial score (nSPS) is 11.2. The van der Waals surface area contributed by atoms with Crippen molar-refractivity contribution in [1.29, 1.82) is 0 Å². The van der Waals surface area contributed by atoms with Gasteiger partial charge in [-0.05, 0) is 36.1 Å². The summed E-state index contributed by atoms with van der Waals surface area (Å²) in [6, 6.07) is 15.4. The number of aryl methyl sites for hydroxylation is 1. The van der Waals surface area contributed by atoms with Crippen LogP contribution in [0, 0.1) is 12.8 Å². The van der Waals surface area contributed by atoms with Crippen molar-refractivity contribution in [3.05, 3.63) is 70.0 Å². The summed E-state index contributed by atoms with van der Waals surface area (Å²) in [5.41, 5.74) is 2.92. The summed E-state index contributed by atoms with van der Waals surface area (Å²) < 4.78 is 1.70. The predicted molar refractivity (Wildman–Crippen MR) is 119 cm³/mol. The highest BCUT2D eigenvalue weighted by atomic mass is 32.2. The molecule has 1 amide bonds. The van der Waals surface area contributed by atoms with Crippen LogP contribution in [-0.4, -0.2) is 33.2 Å². The van der Waals surface area contributed by atoms with Crippen molar-refractivity contribution >= 4 is 28.6 Å². The first kappa shape index (κ1) is 21.1. The van der Waals surface area contributed by atoms with Gasteiger partial charge in [-0.25, -0.2) is 4.98 Å². The molecule has 2 aromatic carbocycles. The number of amides is 1. The zero-order chi connectivity index (χ0) is 21.0. The van der Waals surface area contributed by atoms with Crippen LogP contribution in [0.5, 0.6) is 0 Å². The van der Waals surface area contributed by atoms with Crippen LogP contribution in [0.25, 0.3) is 10.9 Å². The molecule has 0 unspecified atom stereocenters. The van der Waals surface area contributed by atoms with Crippen LogP contribution in [0.15, 0.2) is 58.5 Å². The third-order valence-electron chi connectivity index (χ3n) is 4.79. The van der Waals surface area contributed by atoms with E-state index in [0.29, 0.717) is 35.1 Å². The number of hydrogen-bond donors (Lipinski definition) is 0. The number of nitrogens with zero attached hydrogens (tertiary/aromatic N) is 3. The van der Waals surface area contributed by atoms with Gasteiger partial charge in [0.15, 0.2) is 5.16 Å². The molecule has 3 rings (SSSR count). The summed E-state index contributed by atoms with van der Waals surface area (Å²) in [5.74, 6) is 0.553. The largest absolute Gasteiger partial charge is 0.341 e. The van der Waals surface area contributed by atoms with Gasteiger partial charge in [-0.15, -0.1) is 0 Å². The van der Waals surface area contributed by atoms with E-state index in [1.165, 1.54) is 17.3 Å². The van der Waals surface area contributed by atoms with E-state index < -0.39 is 0 Å². The Morgan fingerprint density at radius 3 is 2.55 bits per heavy atom. The van der Waals surface area contributed by atoms with E-state index in [-0.39, 0.29) is 17.2 Å². The van der Waals surface area contributed by atoms with Gasteiger partial charge in [0, 0.05) is 20.1 Å². The predicted octanol–water partition coefficient (Wildman–Crippen LogP) is 4.11. The molecule has 0 saturated carbocycles. The second-order valence-electron chi connectivity index (χ2n) is 7.69. The lowest BCUT2D eigenvalue weighted by Gasteiger charge is -2.19. The number of thioether (sulfide) groups is 1. The molecule has 0 bridgehead atoms. The number of fused-ring (bicyclic) bond motifs is 1. The van der Waals surface area contributed by atoms with E-state index in [1.54, 1.807) is 15.5 Å². The van der Waals surface area contributed by atoms with Crippen molar-refractivity contribution in [1.82, 2.24) is 14.5 Å². The number of carbonyl (C=O) groups is 1. The fourth-order valence-corrected chi connectivity index (χ4v) is 4.10. The molecule has 0 atom stereocenters. The molecule has 0 fully saturated rings. The van der Waals surface area contributed by atoms with Gasteiger partial charge in [-0.2, -0.15) is 0 Å². The first-order chi connectivity index (χ1) is 13.9. The van der Waals surface area contributed by atoms with E-state index >= 15 is 0 Å². The summed E-state index contributed by atoms with van der Waals surface area (Å²) in [4.78, 5) is 32.1. The smallest absolute Gasteiger partial charge is 0.262 e. The van der Waals surface area contributed by atoms with Crippen LogP contribution in [0.2, 0.25) is 0 Å². The maximum atomic E-state index is 13.0. The molecule has 3 aromatic rings. The van der Waals surface area contributed by atoms with Crippen molar-refractivity contribution in [3.63, 3.8) is 0 Å². The average Bonchev–Trinajstić information content (AvgIpc) is 2.70. The molecule has 6 heteroatoms. The van der Waals surface area contributed by atoms with Gasteiger partial charge in [-0.3, -0.25) is 14.2 Å². The fourth-order valence-electron chi connectivity index (χ4n) is 3.15. The van der Waals surface area contributed by atoms with Gasteiger partial charge >= 0.3 is 0 Å². The first-order valence-corrected chi connectivity index (χ1v) is 10.8. The summed E-state index contributed by atoms with van der Waals surface area (Å²) in [6.45, 7) is 7.32. The van der Waals surface area contributed by atoms with Crippen LogP contribution in [0.3, 0.4) is 0 Å². The molecule has 1 aromatic heterocycles. The molecule has 0 radical (unpaired) electrons. The summed E-state index contributed by atoms with van der Waals surface area (Å²) in [7, 11) is 1.81. The van der Waals surface area contributed by atoms with Crippen LogP contribution < -0.4 is 5.56 Å². The third kappa shape index (κ3) is 5.07. The van der Waals surface area contributed by atoms with Crippen LogP contribution in [-0.2, 0) is 17.9 Å². The molecule has 152 valence electrons. The molecular weight excluding hydrogens is 382 g/mol. The maximum Gasteiger partial charge on any atom is 0.262 e. The van der Waals surface area contributed by atoms with Gasteiger partial charge < -0.3 is 4.90 Å². The molecule has 0 N–H and O–H groups in total. The minimum absolute atomic E-state index is 0.0109. The van der Waals surface area contributed by atoms with Gasteiger partial charge in [0.2, 0.25) is 5.91 Å². The number of carbonyl (C=O) groups excluding carboxylic acids is 1. The number of benzene rings is 2. The first-order valence-electron chi connectivity index (χ1n) is 9.77. The summed E-state index contributed by atoms with van der Waals surface area (Å²) >= 11 is 1.33. The van der Waals surface area contributed by atoms with E-state index in [2.05, 4.69) is 18.8 Å². The van der Waals surface area contributed by atoms with Crippen molar-refractivity contribution in [2.45, 2.75) is 39.0 Å². The number of rotatable bonds is 7. The Bertz CT molecular complexity index is 1080.